The lowest BCUT2D eigenvalue weighted by molar-refractivity contribution is 0.419. The average molecular weight is 304 g/mol. The fourth-order valence-electron chi connectivity index (χ4n) is 2.40. The molecule has 0 aliphatic heterocycles. The van der Waals surface area contributed by atoms with Crippen LogP contribution in [0.3, 0.4) is 0 Å². The van der Waals surface area contributed by atoms with E-state index >= 15 is 0 Å². The van der Waals surface area contributed by atoms with Crippen molar-refractivity contribution in [2.75, 3.05) is 31.4 Å². The van der Waals surface area contributed by atoms with E-state index in [1.807, 2.05) is 23.5 Å². The summed E-state index contributed by atoms with van der Waals surface area (Å²) in [6.07, 6.45) is 10.8. The van der Waals surface area contributed by atoms with Gasteiger partial charge >= 0.3 is 0 Å². The van der Waals surface area contributed by atoms with Gasteiger partial charge in [-0.25, -0.2) is 0 Å². The van der Waals surface area contributed by atoms with Gasteiger partial charge in [0.2, 0.25) is 0 Å². The lowest BCUT2D eigenvalue weighted by Crippen LogP contribution is -2.45. The Kier molecular flexibility index (Phi) is 9.61. The molecule has 0 amide bonds. The predicted molar refractivity (Wildman–Crippen MR) is 91.7 cm³/mol. The van der Waals surface area contributed by atoms with Crippen LogP contribution in [0.15, 0.2) is 4.99 Å². The molecule has 0 spiro atoms. The fraction of sp³-hybridized carbons (Fsp3) is 0.929. The van der Waals surface area contributed by atoms with Crippen LogP contribution in [-0.4, -0.2) is 48.6 Å². The van der Waals surface area contributed by atoms with Crippen molar-refractivity contribution in [3.05, 3.63) is 0 Å². The van der Waals surface area contributed by atoms with Crippen molar-refractivity contribution in [2.45, 2.75) is 50.3 Å². The van der Waals surface area contributed by atoms with Gasteiger partial charge in [-0.3, -0.25) is 4.99 Å². The Morgan fingerprint density at radius 3 is 2.84 bits per heavy atom. The molecule has 1 aliphatic carbocycles. The van der Waals surface area contributed by atoms with Crippen LogP contribution in [0.4, 0.5) is 0 Å². The number of hydrogen-bond donors (Lipinski definition) is 2. The number of nitrogens with one attached hydrogen (secondary N) is 2. The summed E-state index contributed by atoms with van der Waals surface area (Å²) in [7, 11) is 0. The molecular formula is C14H29N3S2. The Hall–Kier alpha value is -0.0300. The minimum Gasteiger partial charge on any atom is -0.357 e. The molecule has 1 rings (SSSR count). The molecule has 0 radical (unpaired) electrons. The highest BCUT2D eigenvalue weighted by Gasteiger charge is 2.21. The molecule has 2 N–H and O–H groups in total. The monoisotopic (exact) mass is 303 g/mol. The summed E-state index contributed by atoms with van der Waals surface area (Å²) in [6, 6.07) is 0.601. The van der Waals surface area contributed by atoms with Crippen molar-refractivity contribution in [1.29, 1.82) is 0 Å². The van der Waals surface area contributed by atoms with Crippen LogP contribution < -0.4 is 10.6 Å². The summed E-state index contributed by atoms with van der Waals surface area (Å²) in [5, 5.41) is 7.81. The number of hydrogen-bond acceptors (Lipinski definition) is 3. The van der Waals surface area contributed by atoms with Crippen molar-refractivity contribution < 1.29 is 0 Å². The molecule has 5 heteroatoms. The van der Waals surface area contributed by atoms with Gasteiger partial charge in [0.25, 0.3) is 0 Å². The second-order valence-electron chi connectivity index (χ2n) is 4.97. The zero-order valence-electron chi connectivity index (χ0n) is 12.6. The normalized spacial score (nSPS) is 24.3. The zero-order chi connectivity index (χ0) is 13.9. The van der Waals surface area contributed by atoms with Crippen molar-refractivity contribution in [2.24, 2.45) is 4.99 Å². The molecule has 0 aromatic heterocycles. The maximum Gasteiger partial charge on any atom is 0.191 e. The Bertz CT molecular complexity index is 259. The highest BCUT2D eigenvalue weighted by atomic mass is 32.2. The number of nitrogens with zero attached hydrogens (tertiary/aromatic N) is 1. The molecule has 2 unspecified atom stereocenters. The topological polar surface area (TPSA) is 36.4 Å². The van der Waals surface area contributed by atoms with Gasteiger partial charge in [0.05, 0.1) is 0 Å². The minimum absolute atomic E-state index is 0.601. The first-order valence-electron chi connectivity index (χ1n) is 7.36. The van der Waals surface area contributed by atoms with Crippen LogP contribution in [0.1, 0.15) is 39.0 Å². The Morgan fingerprint density at radius 1 is 1.32 bits per heavy atom. The first kappa shape index (κ1) is 17.0. The van der Waals surface area contributed by atoms with E-state index in [0.717, 1.165) is 30.7 Å². The molecule has 1 aliphatic rings. The first-order valence-corrected chi connectivity index (χ1v) is 10.0. The SMILES string of the molecule is CCNC(=NCCCSC)NC1CCCC(SC)C1. The maximum absolute atomic E-state index is 4.67. The quantitative estimate of drug-likeness (QED) is 0.431. The standard InChI is InChI=1S/C14H29N3S2/c1-4-15-14(16-9-6-10-18-2)17-12-7-5-8-13(11-12)19-3/h12-13H,4-11H2,1-3H3,(H2,15,16,17). The molecule has 0 aromatic carbocycles. The lowest BCUT2D eigenvalue weighted by Gasteiger charge is -2.29. The molecule has 1 fully saturated rings. The van der Waals surface area contributed by atoms with Crippen LogP contribution in [0.25, 0.3) is 0 Å². The van der Waals surface area contributed by atoms with Crippen LogP contribution in [0.2, 0.25) is 0 Å². The molecular weight excluding hydrogens is 274 g/mol. The van der Waals surface area contributed by atoms with Gasteiger partial charge in [-0.1, -0.05) is 6.42 Å². The third-order valence-electron chi connectivity index (χ3n) is 3.42. The van der Waals surface area contributed by atoms with E-state index in [-0.39, 0.29) is 0 Å². The van der Waals surface area contributed by atoms with Crippen molar-refractivity contribution in [3.8, 4) is 0 Å². The van der Waals surface area contributed by atoms with Crippen LogP contribution in [-0.2, 0) is 0 Å². The lowest BCUT2D eigenvalue weighted by atomic mass is 9.95. The molecule has 0 aromatic rings. The van der Waals surface area contributed by atoms with E-state index in [1.165, 1.54) is 31.4 Å². The third-order valence-corrected chi connectivity index (χ3v) is 5.21. The van der Waals surface area contributed by atoms with Gasteiger partial charge in [-0.05, 0) is 50.9 Å². The number of aliphatic imine (C=N–C) groups is 1. The van der Waals surface area contributed by atoms with Gasteiger partial charge in [-0.15, -0.1) is 0 Å². The number of thioether (sulfide) groups is 2. The highest BCUT2D eigenvalue weighted by Crippen LogP contribution is 2.26. The Labute approximate surface area is 127 Å². The van der Waals surface area contributed by atoms with Gasteiger partial charge in [0, 0.05) is 24.4 Å². The Morgan fingerprint density at radius 2 is 2.16 bits per heavy atom. The van der Waals surface area contributed by atoms with Crippen molar-refractivity contribution in [3.63, 3.8) is 0 Å². The van der Waals surface area contributed by atoms with E-state index in [9.17, 15) is 0 Å². The fourth-order valence-corrected chi connectivity index (χ4v) is 3.65. The maximum atomic E-state index is 4.67. The van der Waals surface area contributed by atoms with Crippen molar-refractivity contribution >= 4 is 29.5 Å². The summed E-state index contributed by atoms with van der Waals surface area (Å²) in [5.74, 6) is 2.20. The molecule has 0 heterocycles. The smallest absolute Gasteiger partial charge is 0.191 e. The highest BCUT2D eigenvalue weighted by molar-refractivity contribution is 7.99. The largest absolute Gasteiger partial charge is 0.357 e. The number of rotatable bonds is 7. The Balaban J connectivity index is 2.38. The van der Waals surface area contributed by atoms with Crippen molar-refractivity contribution in [1.82, 2.24) is 10.6 Å². The molecule has 3 nitrogen and oxygen atoms in total. The van der Waals surface area contributed by atoms with Gasteiger partial charge in [-0.2, -0.15) is 23.5 Å². The summed E-state index contributed by atoms with van der Waals surface area (Å²) < 4.78 is 0. The second-order valence-corrected chi connectivity index (χ2v) is 7.10. The summed E-state index contributed by atoms with van der Waals surface area (Å²) >= 11 is 3.90. The number of guanidine groups is 1. The van der Waals surface area contributed by atoms with Crippen LogP contribution in [0.5, 0.6) is 0 Å². The molecule has 0 bridgehead atoms. The predicted octanol–water partition coefficient (Wildman–Crippen LogP) is 2.97. The average Bonchev–Trinajstić information content (AvgIpc) is 2.44. The van der Waals surface area contributed by atoms with Crippen LogP contribution >= 0.6 is 23.5 Å². The molecule has 112 valence electrons. The summed E-state index contributed by atoms with van der Waals surface area (Å²) in [6.45, 7) is 3.99. The zero-order valence-corrected chi connectivity index (χ0v) is 14.2. The van der Waals surface area contributed by atoms with Gasteiger partial charge < -0.3 is 10.6 Å². The first-order chi connectivity index (χ1) is 9.30. The molecule has 0 saturated heterocycles. The van der Waals surface area contributed by atoms with Gasteiger partial charge in [0.15, 0.2) is 5.96 Å². The molecule has 1 saturated carbocycles. The van der Waals surface area contributed by atoms with E-state index in [1.54, 1.807) is 0 Å². The summed E-state index contributed by atoms with van der Waals surface area (Å²) in [4.78, 5) is 4.67. The van der Waals surface area contributed by atoms with E-state index in [0.29, 0.717) is 6.04 Å². The molecule has 19 heavy (non-hydrogen) atoms. The van der Waals surface area contributed by atoms with E-state index < -0.39 is 0 Å². The van der Waals surface area contributed by atoms with E-state index in [4.69, 9.17) is 0 Å². The van der Waals surface area contributed by atoms with E-state index in [2.05, 4.69) is 35.1 Å². The second kappa shape index (κ2) is 10.7. The summed E-state index contributed by atoms with van der Waals surface area (Å²) in [5.41, 5.74) is 0. The van der Waals surface area contributed by atoms with Crippen LogP contribution in [0, 0.1) is 0 Å². The minimum atomic E-state index is 0.601. The molecule has 2 atom stereocenters. The third kappa shape index (κ3) is 7.35. The van der Waals surface area contributed by atoms with Gasteiger partial charge in [0.1, 0.15) is 0 Å².